The highest BCUT2D eigenvalue weighted by atomic mass is 32.2. The Morgan fingerprint density at radius 3 is 2.64 bits per heavy atom. The number of anilines is 1. The van der Waals surface area contributed by atoms with Crippen molar-refractivity contribution in [3.8, 4) is 22.0 Å². The second kappa shape index (κ2) is 10.5. The number of thiophene rings is 1. The van der Waals surface area contributed by atoms with Gasteiger partial charge in [0.15, 0.2) is 11.0 Å². The maximum Gasteiger partial charge on any atom is 0.234 e. The predicted octanol–water partition coefficient (Wildman–Crippen LogP) is 7.21. The molecule has 0 aliphatic carbocycles. The van der Waals surface area contributed by atoms with Crippen molar-refractivity contribution < 1.29 is 4.79 Å². The first-order valence-electron chi connectivity index (χ1n) is 11.9. The van der Waals surface area contributed by atoms with E-state index >= 15 is 0 Å². The number of carbonyl (C=O) groups is 1. The SMILES string of the molecule is CCc1c(-c2nnc(SCC(=O)Nc3ccc(-c4nc5ccc(C)cc5s4)cc3)n2CC)csc1C. The Hall–Kier alpha value is -3.01. The highest BCUT2D eigenvalue weighted by molar-refractivity contribution is 7.99. The minimum absolute atomic E-state index is 0.0731. The van der Waals surface area contributed by atoms with Crippen LogP contribution in [-0.4, -0.2) is 31.4 Å². The molecule has 9 heteroatoms. The molecule has 3 heterocycles. The Labute approximate surface area is 222 Å². The molecule has 0 aliphatic heterocycles. The Morgan fingerprint density at radius 2 is 1.89 bits per heavy atom. The molecule has 5 rings (SSSR count). The molecule has 3 aromatic heterocycles. The minimum Gasteiger partial charge on any atom is -0.325 e. The normalized spacial score (nSPS) is 11.3. The van der Waals surface area contributed by atoms with Gasteiger partial charge in [-0.05, 0) is 74.7 Å². The number of carbonyl (C=O) groups excluding carboxylic acids is 1. The van der Waals surface area contributed by atoms with Crippen molar-refractivity contribution in [1.29, 1.82) is 0 Å². The van der Waals surface area contributed by atoms with Crippen LogP contribution in [0.2, 0.25) is 0 Å². The van der Waals surface area contributed by atoms with Crippen molar-refractivity contribution in [2.45, 2.75) is 45.8 Å². The van der Waals surface area contributed by atoms with E-state index in [-0.39, 0.29) is 11.7 Å². The molecule has 0 fully saturated rings. The Kier molecular flexibility index (Phi) is 7.22. The van der Waals surface area contributed by atoms with Gasteiger partial charge in [0.2, 0.25) is 5.91 Å². The average molecular weight is 534 g/mol. The zero-order chi connectivity index (χ0) is 25.2. The van der Waals surface area contributed by atoms with Gasteiger partial charge in [-0.25, -0.2) is 4.98 Å². The largest absolute Gasteiger partial charge is 0.325 e. The molecule has 0 spiro atoms. The molecule has 0 radical (unpaired) electrons. The fourth-order valence-corrected chi connectivity index (χ4v) is 6.98. The van der Waals surface area contributed by atoms with E-state index in [4.69, 9.17) is 4.98 Å². The maximum atomic E-state index is 12.7. The number of amides is 1. The molecular weight excluding hydrogens is 507 g/mol. The summed E-state index contributed by atoms with van der Waals surface area (Å²) < 4.78 is 3.27. The average Bonchev–Trinajstić information content (AvgIpc) is 3.58. The molecule has 0 saturated heterocycles. The standard InChI is InChI=1S/C27H27N5OS3/c1-5-20-17(4)34-14-21(20)25-30-31-27(32(25)6-2)35-15-24(33)28-19-10-8-18(9-11-19)26-29-22-12-7-16(3)13-23(22)36-26/h7-14H,5-6,15H2,1-4H3,(H,28,33). The topological polar surface area (TPSA) is 72.7 Å². The molecule has 0 bridgehead atoms. The Bertz CT molecular complexity index is 1530. The fourth-order valence-electron chi connectivity index (χ4n) is 4.16. The van der Waals surface area contributed by atoms with Gasteiger partial charge in [-0.2, -0.15) is 0 Å². The molecule has 2 aromatic carbocycles. The number of aryl methyl sites for hydroxylation is 2. The minimum atomic E-state index is -0.0731. The fraction of sp³-hybridized carbons (Fsp3) is 0.259. The second-order valence-electron chi connectivity index (χ2n) is 8.49. The van der Waals surface area contributed by atoms with Gasteiger partial charge < -0.3 is 9.88 Å². The van der Waals surface area contributed by atoms with Crippen LogP contribution in [0.25, 0.3) is 32.2 Å². The van der Waals surface area contributed by atoms with Gasteiger partial charge in [0.1, 0.15) is 5.01 Å². The van der Waals surface area contributed by atoms with Gasteiger partial charge in [0.05, 0.1) is 16.0 Å². The summed E-state index contributed by atoms with van der Waals surface area (Å²) in [5, 5.41) is 15.7. The maximum absolute atomic E-state index is 12.7. The molecule has 184 valence electrons. The first-order chi connectivity index (χ1) is 17.5. The van der Waals surface area contributed by atoms with Crippen molar-refractivity contribution in [2.75, 3.05) is 11.1 Å². The molecule has 1 N–H and O–H groups in total. The highest BCUT2D eigenvalue weighted by Crippen LogP contribution is 2.33. The molecule has 1 amide bonds. The van der Waals surface area contributed by atoms with Crippen LogP contribution in [0.1, 0.15) is 29.9 Å². The van der Waals surface area contributed by atoms with Gasteiger partial charge in [-0.1, -0.05) is 24.8 Å². The van der Waals surface area contributed by atoms with Gasteiger partial charge in [-0.3, -0.25) is 4.79 Å². The van der Waals surface area contributed by atoms with E-state index < -0.39 is 0 Å². The van der Waals surface area contributed by atoms with Gasteiger partial charge >= 0.3 is 0 Å². The Balaban J connectivity index is 1.24. The molecular formula is C27H27N5OS3. The zero-order valence-corrected chi connectivity index (χ0v) is 23.1. The quantitative estimate of drug-likeness (QED) is 0.213. The number of hydrogen-bond donors (Lipinski definition) is 1. The van der Waals surface area contributed by atoms with E-state index in [1.165, 1.54) is 32.5 Å². The summed E-state index contributed by atoms with van der Waals surface area (Å²) in [6.07, 6.45) is 0.962. The predicted molar refractivity (Wildman–Crippen MR) is 152 cm³/mol. The summed E-state index contributed by atoms with van der Waals surface area (Å²) in [6, 6.07) is 14.2. The third-order valence-corrected chi connectivity index (χ3v) is 9.01. The number of nitrogens with one attached hydrogen (secondary N) is 1. The number of aromatic nitrogens is 4. The van der Waals surface area contributed by atoms with Crippen LogP contribution < -0.4 is 5.32 Å². The molecule has 0 aliphatic rings. The van der Waals surface area contributed by atoms with Crippen molar-refractivity contribution in [1.82, 2.24) is 19.7 Å². The summed E-state index contributed by atoms with van der Waals surface area (Å²) in [4.78, 5) is 18.7. The van der Waals surface area contributed by atoms with E-state index in [0.717, 1.165) is 51.3 Å². The van der Waals surface area contributed by atoms with Crippen LogP contribution in [0.4, 0.5) is 5.69 Å². The van der Waals surface area contributed by atoms with Crippen LogP contribution in [0.3, 0.4) is 0 Å². The van der Waals surface area contributed by atoms with Crippen LogP contribution >= 0.6 is 34.4 Å². The number of thioether (sulfide) groups is 1. The summed E-state index contributed by atoms with van der Waals surface area (Å²) in [7, 11) is 0. The van der Waals surface area contributed by atoms with E-state index in [0.29, 0.717) is 0 Å². The lowest BCUT2D eigenvalue weighted by Gasteiger charge is -2.09. The monoisotopic (exact) mass is 533 g/mol. The van der Waals surface area contributed by atoms with Gasteiger partial charge in [0.25, 0.3) is 0 Å². The smallest absolute Gasteiger partial charge is 0.234 e. The molecule has 0 saturated carbocycles. The first-order valence-corrected chi connectivity index (χ1v) is 14.6. The molecule has 36 heavy (non-hydrogen) atoms. The zero-order valence-electron chi connectivity index (χ0n) is 20.7. The van der Waals surface area contributed by atoms with Crippen molar-refractivity contribution in [3.05, 3.63) is 63.8 Å². The van der Waals surface area contributed by atoms with Crippen LogP contribution in [0, 0.1) is 13.8 Å². The van der Waals surface area contributed by atoms with E-state index in [1.807, 2.05) is 24.3 Å². The summed E-state index contributed by atoms with van der Waals surface area (Å²) >= 11 is 4.84. The summed E-state index contributed by atoms with van der Waals surface area (Å²) in [5.41, 5.74) is 6.52. The number of benzene rings is 2. The molecule has 0 unspecified atom stereocenters. The summed E-state index contributed by atoms with van der Waals surface area (Å²) in [6.45, 7) is 9.23. The Morgan fingerprint density at radius 1 is 1.08 bits per heavy atom. The van der Waals surface area contributed by atoms with E-state index in [2.05, 4.69) is 71.4 Å². The van der Waals surface area contributed by atoms with E-state index in [1.54, 1.807) is 22.7 Å². The third kappa shape index (κ3) is 4.96. The third-order valence-electron chi connectivity index (χ3n) is 6.02. The molecule has 0 atom stereocenters. The van der Waals surface area contributed by atoms with Crippen LogP contribution in [0.15, 0.2) is 53.0 Å². The van der Waals surface area contributed by atoms with Crippen LogP contribution in [-0.2, 0) is 17.8 Å². The number of thiazole rings is 1. The first kappa shape index (κ1) is 24.7. The number of hydrogen-bond acceptors (Lipinski definition) is 7. The van der Waals surface area contributed by atoms with E-state index in [9.17, 15) is 4.79 Å². The molecule has 5 aromatic rings. The number of rotatable bonds is 8. The van der Waals surface area contributed by atoms with Gasteiger partial charge in [-0.15, -0.1) is 32.9 Å². The van der Waals surface area contributed by atoms with Crippen LogP contribution in [0.5, 0.6) is 0 Å². The molecule has 6 nitrogen and oxygen atoms in total. The highest BCUT2D eigenvalue weighted by Gasteiger charge is 2.19. The van der Waals surface area contributed by atoms with Crippen molar-refractivity contribution >= 4 is 56.2 Å². The second-order valence-corrected chi connectivity index (χ2v) is 11.5. The summed E-state index contributed by atoms with van der Waals surface area (Å²) in [5.74, 6) is 1.07. The lowest BCUT2D eigenvalue weighted by atomic mass is 10.1. The number of fused-ring (bicyclic) bond motifs is 1. The lowest BCUT2D eigenvalue weighted by Crippen LogP contribution is -2.14. The van der Waals surface area contributed by atoms with Crippen molar-refractivity contribution in [2.24, 2.45) is 0 Å². The van der Waals surface area contributed by atoms with Gasteiger partial charge in [0, 0.05) is 33.6 Å². The lowest BCUT2D eigenvalue weighted by molar-refractivity contribution is -0.113. The number of nitrogens with zero attached hydrogens (tertiary/aromatic N) is 4. The van der Waals surface area contributed by atoms with Crippen molar-refractivity contribution in [3.63, 3.8) is 0 Å².